The average Bonchev–Trinajstić information content (AvgIpc) is 2.47. The van der Waals surface area contributed by atoms with Gasteiger partial charge in [-0.3, -0.25) is 5.41 Å². The van der Waals surface area contributed by atoms with Crippen LogP contribution < -0.4 is 15.2 Å². The topological polar surface area (TPSA) is 68.3 Å². The molecule has 0 heterocycles. The zero-order chi connectivity index (χ0) is 14.4. The summed E-state index contributed by atoms with van der Waals surface area (Å²) in [6.45, 7) is 3.04. The van der Waals surface area contributed by atoms with E-state index >= 15 is 0 Å². The van der Waals surface area contributed by atoms with Crippen molar-refractivity contribution in [3.63, 3.8) is 0 Å². The van der Waals surface area contributed by atoms with Gasteiger partial charge in [0.25, 0.3) is 0 Å². The van der Waals surface area contributed by atoms with Crippen LogP contribution >= 0.6 is 0 Å². The monoisotopic (exact) mass is 270 g/mol. The lowest BCUT2D eigenvalue weighted by molar-refractivity contribution is 0.304. The molecule has 4 heteroatoms. The van der Waals surface area contributed by atoms with E-state index < -0.39 is 0 Å². The van der Waals surface area contributed by atoms with Gasteiger partial charge in [0.1, 0.15) is 23.9 Å². The Bertz CT molecular complexity index is 579. The number of amidine groups is 1. The Balaban J connectivity index is 1.97. The van der Waals surface area contributed by atoms with Crippen LogP contribution in [-0.4, -0.2) is 12.4 Å². The van der Waals surface area contributed by atoms with Crippen molar-refractivity contribution in [1.29, 1.82) is 5.41 Å². The van der Waals surface area contributed by atoms with Gasteiger partial charge in [0.05, 0.1) is 6.61 Å². The van der Waals surface area contributed by atoms with Crippen molar-refractivity contribution in [2.75, 3.05) is 6.61 Å². The highest BCUT2D eigenvalue weighted by molar-refractivity contribution is 5.95. The fraction of sp³-hybridized carbons (Fsp3) is 0.188. The second-order valence-electron chi connectivity index (χ2n) is 4.31. The molecule has 0 aliphatic carbocycles. The molecule has 0 saturated heterocycles. The van der Waals surface area contributed by atoms with Crippen LogP contribution in [0, 0.1) is 5.41 Å². The highest BCUT2D eigenvalue weighted by Gasteiger charge is 2.00. The van der Waals surface area contributed by atoms with Crippen molar-refractivity contribution in [3.05, 3.63) is 59.7 Å². The average molecular weight is 270 g/mol. The van der Waals surface area contributed by atoms with Gasteiger partial charge in [-0.05, 0) is 42.8 Å². The van der Waals surface area contributed by atoms with Crippen molar-refractivity contribution >= 4 is 5.84 Å². The highest BCUT2D eigenvalue weighted by atomic mass is 16.5. The summed E-state index contributed by atoms with van der Waals surface area (Å²) in [6, 6.07) is 15.0. The molecule has 0 atom stereocenters. The van der Waals surface area contributed by atoms with E-state index in [4.69, 9.17) is 20.6 Å². The zero-order valence-electron chi connectivity index (χ0n) is 11.4. The largest absolute Gasteiger partial charge is 0.494 e. The van der Waals surface area contributed by atoms with Crippen LogP contribution in [0.3, 0.4) is 0 Å². The van der Waals surface area contributed by atoms with E-state index in [1.807, 2.05) is 55.5 Å². The molecule has 104 valence electrons. The van der Waals surface area contributed by atoms with Crippen molar-refractivity contribution in [3.8, 4) is 11.5 Å². The maximum Gasteiger partial charge on any atom is 0.122 e. The number of hydrogen-bond donors (Lipinski definition) is 2. The number of benzene rings is 2. The van der Waals surface area contributed by atoms with Crippen LogP contribution in [0.15, 0.2) is 48.5 Å². The van der Waals surface area contributed by atoms with E-state index in [1.165, 1.54) is 0 Å². The molecule has 0 aromatic heterocycles. The molecule has 0 spiro atoms. The molecule has 0 fully saturated rings. The van der Waals surface area contributed by atoms with E-state index in [0.29, 0.717) is 18.8 Å². The third-order valence-electron chi connectivity index (χ3n) is 2.78. The lowest BCUT2D eigenvalue weighted by Crippen LogP contribution is -2.11. The standard InChI is InChI=1S/C16H18N2O2/c1-2-19-14-6-8-15(9-7-14)20-11-12-4-3-5-13(10-12)16(17)18/h3-10H,2,11H2,1H3,(H3,17,18). The number of ether oxygens (including phenoxy) is 2. The molecule has 0 aliphatic rings. The molecule has 0 bridgehead atoms. The van der Waals surface area contributed by atoms with Crippen molar-refractivity contribution in [2.45, 2.75) is 13.5 Å². The minimum absolute atomic E-state index is 0.0629. The molecule has 0 unspecified atom stereocenters. The second-order valence-corrected chi connectivity index (χ2v) is 4.31. The minimum atomic E-state index is 0.0629. The fourth-order valence-corrected chi connectivity index (χ4v) is 1.79. The third-order valence-corrected chi connectivity index (χ3v) is 2.78. The Morgan fingerprint density at radius 3 is 2.30 bits per heavy atom. The first kappa shape index (κ1) is 13.9. The molecule has 0 aliphatic heterocycles. The first-order valence-electron chi connectivity index (χ1n) is 6.48. The maximum atomic E-state index is 7.41. The first-order chi connectivity index (χ1) is 9.69. The number of nitrogens with two attached hydrogens (primary N) is 1. The first-order valence-corrected chi connectivity index (χ1v) is 6.48. The lowest BCUT2D eigenvalue weighted by atomic mass is 10.1. The van der Waals surface area contributed by atoms with Gasteiger partial charge in [-0.25, -0.2) is 0 Å². The molecule has 3 N–H and O–H groups in total. The third kappa shape index (κ3) is 3.75. The predicted octanol–water partition coefficient (Wildman–Crippen LogP) is 2.95. The van der Waals surface area contributed by atoms with Crippen LogP contribution in [0.1, 0.15) is 18.1 Å². The van der Waals surface area contributed by atoms with Gasteiger partial charge in [-0.2, -0.15) is 0 Å². The summed E-state index contributed by atoms with van der Waals surface area (Å²) in [7, 11) is 0. The molecular formula is C16H18N2O2. The van der Waals surface area contributed by atoms with Crippen LogP contribution in [0.25, 0.3) is 0 Å². The van der Waals surface area contributed by atoms with Gasteiger partial charge in [0.15, 0.2) is 0 Å². The van der Waals surface area contributed by atoms with Gasteiger partial charge in [0, 0.05) is 5.56 Å². The molecule has 0 saturated carbocycles. The Kier molecular flexibility index (Phi) is 4.60. The fourth-order valence-electron chi connectivity index (χ4n) is 1.79. The Morgan fingerprint density at radius 2 is 1.70 bits per heavy atom. The van der Waals surface area contributed by atoms with Gasteiger partial charge < -0.3 is 15.2 Å². The summed E-state index contributed by atoms with van der Waals surface area (Å²) in [5.41, 5.74) is 7.15. The molecule has 20 heavy (non-hydrogen) atoms. The van der Waals surface area contributed by atoms with Crippen molar-refractivity contribution in [1.82, 2.24) is 0 Å². The van der Waals surface area contributed by atoms with E-state index in [0.717, 1.165) is 17.1 Å². The Hall–Kier alpha value is -2.49. The molecule has 0 radical (unpaired) electrons. The Labute approximate surface area is 118 Å². The molecule has 2 aromatic rings. The number of hydrogen-bond acceptors (Lipinski definition) is 3. The van der Waals surface area contributed by atoms with Gasteiger partial charge in [-0.15, -0.1) is 0 Å². The van der Waals surface area contributed by atoms with Crippen LogP contribution in [-0.2, 0) is 6.61 Å². The second kappa shape index (κ2) is 6.61. The molecule has 2 rings (SSSR count). The van der Waals surface area contributed by atoms with E-state index in [9.17, 15) is 0 Å². The van der Waals surface area contributed by atoms with Crippen molar-refractivity contribution in [2.24, 2.45) is 5.73 Å². The van der Waals surface area contributed by atoms with Gasteiger partial charge in [0.2, 0.25) is 0 Å². The summed E-state index contributed by atoms with van der Waals surface area (Å²) < 4.78 is 11.1. The number of nitrogens with one attached hydrogen (secondary N) is 1. The quantitative estimate of drug-likeness (QED) is 0.626. The minimum Gasteiger partial charge on any atom is -0.494 e. The van der Waals surface area contributed by atoms with Gasteiger partial charge in [-0.1, -0.05) is 18.2 Å². The summed E-state index contributed by atoms with van der Waals surface area (Å²) in [5.74, 6) is 1.67. The number of rotatable bonds is 6. The normalized spacial score (nSPS) is 10.1. The van der Waals surface area contributed by atoms with E-state index in [2.05, 4.69) is 0 Å². The molecular weight excluding hydrogens is 252 g/mol. The molecule has 0 amide bonds. The Morgan fingerprint density at radius 1 is 1.05 bits per heavy atom. The molecule has 4 nitrogen and oxygen atoms in total. The smallest absolute Gasteiger partial charge is 0.122 e. The SMILES string of the molecule is CCOc1ccc(OCc2cccc(C(=N)N)c2)cc1. The predicted molar refractivity (Wildman–Crippen MR) is 79.4 cm³/mol. The zero-order valence-corrected chi connectivity index (χ0v) is 11.4. The summed E-state index contributed by atoms with van der Waals surface area (Å²) in [5, 5.41) is 7.41. The van der Waals surface area contributed by atoms with Crippen LogP contribution in [0.4, 0.5) is 0 Å². The maximum absolute atomic E-state index is 7.41. The molecule has 2 aromatic carbocycles. The lowest BCUT2D eigenvalue weighted by Gasteiger charge is -2.08. The summed E-state index contributed by atoms with van der Waals surface area (Å²) >= 11 is 0. The van der Waals surface area contributed by atoms with E-state index in [-0.39, 0.29) is 5.84 Å². The van der Waals surface area contributed by atoms with Crippen molar-refractivity contribution < 1.29 is 9.47 Å². The number of nitrogen functional groups attached to an aromatic ring is 1. The summed E-state index contributed by atoms with van der Waals surface area (Å²) in [6.07, 6.45) is 0. The highest BCUT2D eigenvalue weighted by Crippen LogP contribution is 2.18. The van der Waals surface area contributed by atoms with E-state index in [1.54, 1.807) is 0 Å². The van der Waals surface area contributed by atoms with Crippen LogP contribution in [0.5, 0.6) is 11.5 Å². The van der Waals surface area contributed by atoms with Crippen LogP contribution in [0.2, 0.25) is 0 Å². The van der Waals surface area contributed by atoms with Gasteiger partial charge >= 0.3 is 0 Å². The summed E-state index contributed by atoms with van der Waals surface area (Å²) in [4.78, 5) is 0.